The van der Waals surface area contributed by atoms with Gasteiger partial charge in [0.05, 0.1) is 0 Å². The Morgan fingerprint density at radius 2 is 1.94 bits per heavy atom. The first kappa shape index (κ1) is 13.4. The molecule has 0 aliphatic carbocycles. The highest BCUT2D eigenvalue weighted by Gasteiger charge is 2.17. The maximum absolute atomic E-state index is 10.3. The molecule has 0 saturated carbocycles. The number of phenolic OH excluding ortho intramolecular Hbond substituents is 3. The van der Waals surface area contributed by atoms with Gasteiger partial charge in [-0.2, -0.15) is 0 Å². The van der Waals surface area contributed by atoms with Crippen LogP contribution in [0.15, 0.2) is 12.1 Å². The van der Waals surface area contributed by atoms with E-state index in [0.29, 0.717) is 12.0 Å². The van der Waals surface area contributed by atoms with Gasteiger partial charge in [0.1, 0.15) is 6.29 Å². The third kappa shape index (κ3) is 3.12. The van der Waals surface area contributed by atoms with Crippen LogP contribution in [0.4, 0.5) is 0 Å². The van der Waals surface area contributed by atoms with Crippen LogP contribution in [0.25, 0.3) is 0 Å². The van der Waals surface area contributed by atoms with E-state index in [1.807, 2.05) is 6.92 Å². The predicted octanol–water partition coefficient (Wildman–Crippen LogP) is 2.67. The molecule has 0 amide bonds. The van der Waals surface area contributed by atoms with E-state index in [4.69, 9.17) is 0 Å². The summed E-state index contributed by atoms with van der Waals surface area (Å²) in [5.74, 6) is -0.977. The second-order valence-corrected chi connectivity index (χ2v) is 4.07. The molecule has 0 radical (unpaired) electrons. The highest BCUT2D eigenvalue weighted by molar-refractivity contribution is 5.54. The molecule has 1 unspecified atom stereocenters. The third-order valence-corrected chi connectivity index (χ3v) is 2.97. The zero-order valence-corrected chi connectivity index (χ0v) is 9.89. The van der Waals surface area contributed by atoms with Crippen LogP contribution >= 0.6 is 0 Å². The molecule has 0 heterocycles. The molecule has 4 nitrogen and oxygen atoms in total. The third-order valence-electron chi connectivity index (χ3n) is 2.97. The Hall–Kier alpha value is -1.71. The van der Waals surface area contributed by atoms with Gasteiger partial charge in [-0.15, -0.1) is 0 Å². The monoisotopic (exact) mass is 238 g/mol. The fourth-order valence-electron chi connectivity index (χ4n) is 1.94. The number of unbranched alkanes of at least 4 members (excludes halogenated alkanes) is 1. The highest BCUT2D eigenvalue weighted by Crippen LogP contribution is 2.42. The van der Waals surface area contributed by atoms with E-state index in [1.54, 1.807) is 6.07 Å². The molecule has 1 rings (SSSR count). The second-order valence-electron chi connectivity index (χ2n) is 4.07. The van der Waals surface area contributed by atoms with Gasteiger partial charge in [0.2, 0.25) is 5.75 Å². The summed E-state index contributed by atoms with van der Waals surface area (Å²) in [7, 11) is 0. The minimum absolute atomic E-state index is 0.0847. The summed E-state index contributed by atoms with van der Waals surface area (Å²) in [6.07, 6.45) is 3.70. The fraction of sp³-hybridized carbons (Fsp3) is 0.462. The summed E-state index contributed by atoms with van der Waals surface area (Å²) >= 11 is 0. The van der Waals surface area contributed by atoms with Crippen LogP contribution < -0.4 is 0 Å². The van der Waals surface area contributed by atoms with Crippen molar-refractivity contribution in [3.8, 4) is 17.2 Å². The molecule has 0 aliphatic rings. The number of hydrogen-bond donors (Lipinski definition) is 3. The Morgan fingerprint density at radius 1 is 1.24 bits per heavy atom. The molecule has 17 heavy (non-hydrogen) atoms. The van der Waals surface area contributed by atoms with Crippen molar-refractivity contribution in [2.45, 2.75) is 38.5 Å². The van der Waals surface area contributed by atoms with Crippen molar-refractivity contribution in [2.75, 3.05) is 0 Å². The van der Waals surface area contributed by atoms with E-state index in [-0.39, 0.29) is 17.4 Å². The van der Waals surface area contributed by atoms with E-state index < -0.39 is 5.75 Å². The van der Waals surface area contributed by atoms with Gasteiger partial charge in [0.15, 0.2) is 11.5 Å². The molecule has 0 spiro atoms. The molecule has 0 aromatic heterocycles. The quantitative estimate of drug-likeness (QED) is 0.404. The molecule has 1 aromatic carbocycles. The topological polar surface area (TPSA) is 77.8 Å². The first-order valence-corrected chi connectivity index (χ1v) is 5.79. The summed E-state index contributed by atoms with van der Waals surface area (Å²) in [5, 5.41) is 28.4. The Morgan fingerprint density at radius 3 is 2.53 bits per heavy atom. The van der Waals surface area contributed by atoms with Gasteiger partial charge in [-0.3, -0.25) is 0 Å². The van der Waals surface area contributed by atoms with Crippen molar-refractivity contribution in [3.05, 3.63) is 17.7 Å². The van der Waals surface area contributed by atoms with Crippen LogP contribution in [-0.2, 0) is 4.79 Å². The first-order chi connectivity index (χ1) is 8.11. The molecule has 3 N–H and O–H groups in total. The smallest absolute Gasteiger partial charge is 0.200 e. The Kier molecular flexibility index (Phi) is 4.82. The van der Waals surface area contributed by atoms with Crippen LogP contribution in [0.3, 0.4) is 0 Å². The van der Waals surface area contributed by atoms with Gasteiger partial charge in [-0.05, 0) is 31.2 Å². The predicted molar refractivity (Wildman–Crippen MR) is 64.4 cm³/mol. The van der Waals surface area contributed by atoms with E-state index in [0.717, 1.165) is 25.5 Å². The molecule has 0 fully saturated rings. The summed E-state index contributed by atoms with van der Waals surface area (Å²) in [6.45, 7) is 1.98. The molecular formula is C13H18O4. The van der Waals surface area contributed by atoms with Crippen LogP contribution in [0.2, 0.25) is 0 Å². The summed E-state index contributed by atoms with van der Waals surface area (Å²) in [5.41, 5.74) is 0.619. The number of aldehydes is 1. The minimum Gasteiger partial charge on any atom is -0.504 e. The van der Waals surface area contributed by atoms with Gasteiger partial charge in [0.25, 0.3) is 0 Å². The van der Waals surface area contributed by atoms with Crippen LogP contribution in [0, 0.1) is 0 Å². The molecular weight excluding hydrogens is 220 g/mol. The zero-order chi connectivity index (χ0) is 12.8. The van der Waals surface area contributed by atoms with Gasteiger partial charge < -0.3 is 20.1 Å². The summed E-state index contributed by atoms with van der Waals surface area (Å²) in [6, 6.07) is 2.98. The van der Waals surface area contributed by atoms with E-state index in [2.05, 4.69) is 0 Å². The lowest BCUT2D eigenvalue weighted by atomic mass is 9.90. The number of phenols is 3. The number of carbonyl (C=O) groups excluding carboxylic acids is 1. The van der Waals surface area contributed by atoms with E-state index in [1.165, 1.54) is 6.07 Å². The minimum atomic E-state index is -0.476. The van der Waals surface area contributed by atoms with Crippen molar-refractivity contribution in [1.29, 1.82) is 0 Å². The van der Waals surface area contributed by atoms with E-state index >= 15 is 0 Å². The number of aromatic hydroxyl groups is 3. The number of benzene rings is 1. The molecule has 4 heteroatoms. The standard InChI is InChI=1S/C13H18O4/c1-2-9(5-3-4-8-14)10-6-7-11(15)13(17)12(10)16/h6-9,15-17H,2-5H2,1H3. The molecule has 1 atom stereocenters. The van der Waals surface area contributed by atoms with Crippen molar-refractivity contribution < 1.29 is 20.1 Å². The second kappa shape index (κ2) is 6.13. The van der Waals surface area contributed by atoms with Gasteiger partial charge in [-0.25, -0.2) is 0 Å². The van der Waals surface area contributed by atoms with Crippen molar-refractivity contribution in [3.63, 3.8) is 0 Å². The maximum atomic E-state index is 10.3. The van der Waals surface area contributed by atoms with Crippen LogP contribution in [0.5, 0.6) is 17.2 Å². The Bertz CT molecular complexity index is 387. The lowest BCUT2D eigenvalue weighted by Gasteiger charge is -2.17. The normalized spacial score (nSPS) is 12.3. The lowest BCUT2D eigenvalue weighted by Crippen LogP contribution is -1.98. The van der Waals surface area contributed by atoms with Crippen molar-refractivity contribution in [1.82, 2.24) is 0 Å². The summed E-state index contributed by atoms with van der Waals surface area (Å²) < 4.78 is 0. The molecule has 0 aliphatic heterocycles. The van der Waals surface area contributed by atoms with Crippen LogP contribution in [-0.4, -0.2) is 21.6 Å². The number of hydrogen-bond acceptors (Lipinski definition) is 4. The van der Waals surface area contributed by atoms with Crippen molar-refractivity contribution >= 4 is 6.29 Å². The molecule has 1 aromatic rings. The zero-order valence-electron chi connectivity index (χ0n) is 9.89. The average Bonchev–Trinajstić information content (AvgIpc) is 2.33. The fourth-order valence-corrected chi connectivity index (χ4v) is 1.94. The van der Waals surface area contributed by atoms with E-state index in [9.17, 15) is 20.1 Å². The number of rotatable bonds is 6. The highest BCUT2D eigenvalue weighted by atomic mass is 16.3. The van der Waals surface area contributed by atoms with Gasteiger partial charge in [0, 0.05) is 12.0 Å². The van der Waals surface area contributed by atoms with Gasteiger partial charge in [-0.1, -0.05) is 13.0 Å². The van der Waals surface area contributed by atoms with Gasteiger partial charge >= 0.3 is 0 Å². The first-order valence-electron chi connectivity index (χ1n) is 5.79. The largest absolute Gasteiger partial charge is 0.504 e. The maximum Gasteiger partial charge on any atom is 0.200 e. The molecule has 0 saturated heterocycles. The Labute approximate surface area is 101 Å². The lowest BCUT2D eigenvalue weighted by molar-refractivity contribution is -0.107. The van der Waals surface area contributed by atoms with Crippen LogP contribution in [0.1, 0.15) is 44.1 Å². The molecule has 0 bridgehead atoms. The average molecular weight is 238 g/mol. The number of carbonyl (C=O) groups is 1. The SMILES string of the molecule is CCC(CCCC=O)c1ccc(O)c(O)c1O. The summed E-state index contributed by atoms with van der Waals surface area (Å²) in [4.78, 5) is 10.3. The molecule has 94 valence electrons. The van der Waals surface area contributed by atoms with Crippen molar-refractivity contribution in [2.24, 2.45) is 0 Å². The Balaban J connectivity index is 2.88.